The van der Waals surface area contributed by atoms with Gasteiger partial charge in [0, 0.05) is 5.56 Å². The van der Waals surface area contributed by atoms with Gasteiger partial charge in [0.25, 0.3) is 5.91 Å². The summed E-state index contributed by atoms with van der Waals surface area (Å²) < 4.78 is 0. The van der Waals surface area contributed by atoms with Crippen molar-refractivity contribution in [2.24, 2.45) is 5.10 Å². The molecule has 2 rings (SSSR count). The Kier molecular flexibility index (Phi) is 4.77. The molecule has 0 spiro atoms. The Balaban J connectivity index is 2.05. The predicted octanol–water partition coefficient (Wildman–Crippen LogP) is 4.07. The molecule has 20 heavy (non-hydrogen) atoms. The van der Waals surface area contributed by atoms with Gasteiger partial charge in [-0.1, -0.05) is 47.5 Å². The Bertz CT molecular complexity index is 669. The normalized spacial score (nSPS) is 10.8. The first-order valence-corrected chi connectivity index (χ1v) is 6.67. The first-order chi connectivity index (χ1) is 9.58. The van der Waals surface area contributed by atoms with Gasteiger partial charge in [-0.2, -0.15) is 5.10 Å². The van der Waals surface area contributed by atoms with Gasteiger partial charge in [0.05, 0.1) is 16.3 Å². The van der Waals surface area contributed by atoms with Crippen LogP contribution < -0.4 is 5.43 Å². The van der Waals surface area contributed by atoms with Crippen LogP contribution >= 0.6 is 23.2 Å². The number of amides is 1. The number of carbonyl (C=O) groups excluding carboxylic acids is 1. The first kappa shape index (κ1) is 14.6. The molecule has 2 aromatic rings. The maximum Gasteiger partial charge on any atom is 0.271 e. The molecule has 3 nitrogen and oxygen atoms in total. The number of carbonyl (C=O) groups is 1. The van der Waals surface area contributed by atoms with Crippen LogP contribution in [0.1, 0.15) is 21.5 Å². The van der Waals surface area contributed by atoms with E-state index < -0.39 is 0 Å². The van der Waals surface area contributed by atoms with Gasteiger partial charge in [0.15, 0.2) is 0 Å². The highest BCUT2D eigenvalue weighted by Crippen LogP contribution is 2.21. The number of nitrogens with zero attached hydrogens (tertiary/aromatic N) is 1. The van der Waals surface area contributed by atoms with Crippen LogP contribution in [-0.4, -0.2) is 12.1 Å². The van der Waals surface area contributed by atoms with E-state index in [1.807, 2.05) is 25.1 Å². The standard InChI is InChI=1S/C15H12Cl2N2O/c1-10-4-2-3-5-12(10)15(20)19-18-9-11-6-7-13(16)14(17)8-11/h2-9H,1H3,(H,19,20)/b18-9+. The van der Waals surface area contributed by atoms with Crippen molar-refractivity contribution >= 4 is 35.3 Å². The molecule has 0 unspecified atom stereocenters. The van der Waals surface area contributed by atoms with Crippen LogP contribution in [0.15, 0.2) is 47.6 Å². The summed E-state index contributed by atoms with van der Waals surface area (Å²) in [5.41, 5.74) is 4.72. The van der Waals surface area contributed by atoms with Gasteiger partial charge in [-0.3, -0.25) is 4.79 Å². The molecule has 0 heterocycles. The summed E-state index contributed by atoms with van der Waals surface area (Å²) in [5, 5.41) is 4.83. The highest BCUT2D eigenvalue weighted by atomic mass is 35.5. The number of hydrogen-bond acceptors (Lipinski definition) is 2. The minimum Gasteiger partial charge on any atom is -0.267 e. The summed E-state index contributed by atoms with van der Waals surface area (Å²) in [7, 11) is 0. The van der Waals surface area contributed by atoms with E-state index in [1.165, 1.54) is 6.21 Å². The van der Waals surface area contributed by atoms with Gasteiger partial charge in [0.1, 0.15) is 0 Å². The molecule has 0 aliphatic carbocycles. The van der Waals surface area contributed by atoms with Crippen LogP contribution in [0, 0.1) is 6.92 Å². The molecule has 0 bridgehead atoms. The van der Waals surface area contributed by atoms with Crippen molar-refractivity contribution in [3.05, 3.63) is 69.2 Å². The zero-order valence-corrected chi connectivity index (χ0v) is 12.2. The van der Waals surface area contributed by atoms with E-state index in [2.05, 4.69) is 10.5 Å². The number of rotatable bonds is 3. The number of aryl methyl sites for hydroxylation is 1. The molecular formula is C15H12Cl2N2O. The van der Waals surface area contributed by atoms with Crippen molar-refractivity contribution in [3.63, 3.8) is 0 Å². The maximum absolute atomic E-state index is 11.9. The molecule has 0 aliphatic heterocycles. The van der Waals surface area contributed by atoms with E-state index in [-0.39, 0.29) is 5.91 Å². The van der Waals surface area contributed by atoms with Crippen molar-refractivity contribution < 1.29 is 4.79 Å². The van der Waals surface area contributed by atoms with Gasteiger partial charge < -0.3 is 0 Å². The molecule has 0 aromatic heterocycles. The lowest BCUT2D eigenvalue weighted by Gasteiger charge is -2.03. The Hall–Kier alpha value is -1.84. The molecular weight excluding hydrogens is 295 g/mol. The Morgan fingerprint density at radius 1 is 1.15 bits per heavy atom. The minimum atomic E-state index is -0.251. The first-order valence-electron chi connectivity index (χ1n) is 5.92. The average Bonchev–Trinajstić information content (AvgIpc) is 2.43. The molecule has 0 atom stereocenters. The lowest BCUT2D eigenvalue weighted by atomic mass is 10.1. The zero-order chi connectivity index (χ0) is 14.5. The summed E-state index contributed by atoms with van der Waals surface area (Å²) >= 11 is 11.7. The second-order valence-electron chi connectivity index (χ2n) is 4.19. The topological polar surface area (TPSA) is 41.5 Å². The summed E-state index contributed by atoms with van der Waals surface area (Å²) in [4.78, 5) is 11.9. The van der Waals surface area contributed by atoms with Crippen molar-refractivity contribution in [3.8, 4) is 0 Å². The molecule has 0 aliphatic rings. The number of hydrogen-bond donors (Lipinski definition) is 1. The molecule has 1 N–H and O–H groups in total. The van der Waals surface area contributed by atoms with Gasteiger partial charge in [-0.25, -0.2) is 5.43 Å². The second kappa shape index (κ2) is 6.55. The van der Waals surface area contributed by atoms with Gasteiger partial charge in [-0.15, -0.1) is 0 Å². The highest BCUT2D eigenvalue weighted by Gasteiger charge is 2.06. The van der Waals surface area contributed by atoms with Crippen LogP contribution in [0.5, 0.6) is 0 Å². The summed E-state index contributed by atoms with van der Waals surface area (Å²) in [6, 6.07) is 12.4. The average molecular weight is 307 g/mol. The maximum atomic E-state index is 11.9. The van der Waals surface area contributed by atoms with Gasteiger partial charge >= 0.3 is 0 Å². The molecule has 0 radical (unpaired) electrons. The molecule has 2 aromatic carbocycles. The van der Waals surface area contributed by atoms with Crippen LogP contribution in [0.25, 0.3) is 0 Å². The quantitative estimate of drug-likeness (QED) is 0.674. The molecule has 0 saturated carbocycles. The Labute approximate surface area is 127 Å². The largest absolute Gasteiger partial charge is 0.271 e. The van der Waals surface area contributed by atoms with Crippen LogP contribution in [0.3, 0.4) is 0 Å². The minimum absolute atomic E-state index is 0.251. The zero-order valence-electron chi connectivity index (χ0n) is 10.7. The third-order valence-corrected chi connectivity index (χ3v) is 3.45. The third kappa shape index (κ3) is 3.59. The fourth-order valence-corrected chi connectivity index (χ4v) is 1.95. The smallest absolute Gasteiger partial charge is 0.267 e. The predicted molar refractivity (Wildman–Crippen MR) is 82.7 cm³/mol. The van der Waals surface area contributed by atoms with Crippen molar-refractivity contribution in [1.82, 2.24) is 5.43 Å². The lowest BCUT2D eigenvalue weighted by molar-refractivity contribution is 0.0954. The van der Waals surface area contributed by atoms with Crippen molar-refractivity contribution in [2.45, 2.75) is 6.92 Å². The second-order valence-corrected chi connectivity index (χ2v) is 5.00. The lowest BCUT2D eigenvalue weighted by Crippen LogP contribution is -2.18. The van der Waals surface area contributed by atoms with Gasteiger partial charge in [0.2, 0.25) is 0 Å². The third-order valence-electron chi connectivity index (χ3n) is 2.71. The molecule has 5 heteroatoms. The number of benzene rings is 2. The summed E-state index contributed by atoms with van der Waals surface area (Å²) in [6.07, 6.45) is 1.51. The number of halogens is 2. The molecule has 102 valence electrons. The number of nitrogens with one attached hydrogen (secondary N) is 1. The van der Waals surface area contributed by atoms with E-state index in [9.17, 15) is 4.79 Å². The Morgan fingerprint density at radius 3 is 2.60 bits per heavy atom. The van der Waals surface area contributed by atoms with Gasteiger partial charge in [-0.05, 0) is 36.2 Å². The van der Waals surface area contributed by atoms with E-state index in [0.717, 1.165) is 11.1 Å². The van der Waals surface area contributed by atoms with Crippen LogP contribution in [0.4, 0.5) is 0 Å². The molecule has 0 saturated heterocycles. The monoisotopic (exact) mass is 306 g/mol. The van der Waals surface area contributed by atoms with E-state index in [1.54, 1.807) is 24.3 Å². The van der Waals surface area contributed by atoms with Crippen LogP contribution in [0.2, 0.25) is 10.0 Å². The van der Waals surface area contributed by atoms with Crippen molar-refractivity contribution in [1.29, 1.82) is 0 Å². The number of hydrazone groups is 1. The fraction of sp³-hybridized carbons (Fsp3) is 0.0667. The molecule has 0 fully saturated rings. The SMILES string of the molecule is Cc1ccccc1C(=O)N/N=C/c1ccc(Cl)c(Cl)c1. The van der Waals surface area contributed by atoms with E-state index in [4.69, 9.17) is 23.2 Å². The van der Waals surface area contributed by atoms with E-state index >= 15 is 0 Å². The fourth-order valence-electron chi connectivity index (χ4n) is 1.65. The van der Waals surface area contributed by atoms with Crippen LogP contribution in [-0.2, 0) is 0 Å². The summed E-state index contributed by atoms with van der Waals surface area (Å²) in [6.45, 7) is 1.87. The van der Waals surface area contributed by atoms with Crippen molar-refractivity contribution in [2.75, 3.05) is 0 Å². The highest BCUT2D eigenvalue weighted by molar-refractivity contribution is 6.42. The molecule has 1 amide bonds. The van der Waals surface area contributed by atoms with E-state index in [0.29, 0.717) is 15.6 Å². The Morgan fingerprint density at radius 2 is 1.90 bits per heavy atom. The summed E-state index contributed by atoms with van der Waals surface area (Å²) in [5.74, 6) is -0.251.